The first-order chi connectivity index (χ1) is 10.1. The predicted molar refractivity (Wildman–Crippen MR) is 85.4 cm³/mol. The normalized spacial score (nSPS) is 21.8. The lowest BCUT2D eigenvalue weighted by Crippen LogP contribution is -2.21. The Kier molecular flexibility index (Phi) is 5.90. The van der Waals surface area contributed by atoms with Gasteiger partial charge in [0.05, 0.1) is 18.7 Å². The largest absolute Gasteiger partial charge is 0.491 e. The van der Waals surface area contributed by atoms with Crippen molar-refractivity contribution in [2.24, 2.45) is 17.6 Å². The molecule has 1 aliphatic rings. The average molecular weight is 290 g/mol. The van der Waals surface area contributed by atoms with Gasteiger partial charge in [-0.05, 0) is 36.8 Å². The maximum Gasteiger partial charge on any atom is 0.220 e. The van der Waals surface area contributed by atoms with Crippen molar-refractivity contribution in [1.29, 1.82) is 0 Å². The lowest BCUT2D eigenvalue weighted by molar-refractivity contribution is -0.118. The third kappa shape index (κ3) is 5.29. The van der Waals surface area contributed by atoms with Gasteiger partial charge in [-0.2, -0.15) is 0 Å². The summed E-state index contributed by atoms with van der Waals surface area (Å²) in [4.78, 5) is 10.8. The molecule has 2 unspecified atom stereocenters. The fourth-order valence-electron chi connectivity index (χ4n) is 3.00. The van der Waals surface area contributed by atoms with E-state index >= 15 is 0 Å². The van der Waals surface area contributed by atoms with Crippen molar-refractivity contribution in [3.05, 3.63) is 24.3 Å². The molecule has 1 fully saturated rings. The van der Waals surface area contributed by atoms with E-state index in [1.54, 1.807) is 0 Å². The number of carbonyl (C=O) groups excluding carboxylic acids is 1. The highest BCUT2D eigenvalue weighted by atomic mass is 16.5. The number of rotatable bonds is 7. The fourth-order valence-corrected chi connectivity index (χ4v) is 3.00. The molecule has 1 aromatic carbocycles. The van der Waals surface area contributed by atoms with E-state index in [2.05, 4.69) is 12.2 Å². The lowest BCUT2D eigenvalue weighted by atomic mass is 9.82. The Morgan fingerprint density at radius 1 is 1.38 bits per heavy atom. The van der Waals surface area contributed by atoms with Crippen LogP contribution in [-0.4, -0.2) is 19.1 Å². The van der Waals surface area contributed by atoms with Crippen molar-refractivity contribution in [3.8, 4) is 5.75 Å². The van der Waals surface area contributed by atoms with E-state index < -0.39 is 0 Å². The average Bonchev–Trinajstić information content (AvgIpc) is 2.46. The second kappa shape index (κ2) is 7.91. The van der Waals surface area contributed by atoms with Gasteiger partial charge in [0.25, 0.3) is 0 Å². The minimum absolute atomic E-state index is 0.245. The smallest absolute Gasteiger partial charge is 0.220 e. The third-order valence-corrected chi connectivity index (χ3v) is 4.12. The molecule has 2 rings (SSSR count). The van der Waals surface area contributed by atoms with Gasteiger partial charge >= 0.3 is 0 Å². The van der Waals surface area contributed by atoms with Crippen LogP contribution in [0.15, 0.2) is 24.3 Å². The molecule has 1 saturated carbocycles. The van der Waals surface area contributed by atoms with Crippen LogP contribution in [0.25, 0.3) is 0 Å². The third-order valence-electron chi connectivity index (χ3n) is 4.12. The second-order valence-corrected chi connectivity index (χ2v) is 6.08. The molecule has 0 saturated heterocycles. The second-order valence-electron chi connectivity index (χ2n) is 6.08. The topological polar surface area (TPSA) is 64.3 Å². The molecule has 0 bridgehead atoms. The van der Waals surface area contributed by atoms with Crippen LogP contribution in [0.1, 0.15) is 39.0 Å². The van der Waals surface area contributed by atoms with E-state index in [1.165, 1.54) is 25.7 Å². The van der Waals surface area contributed by atoms with E-state index in [0.717, 1.165) is 29.8 Å². The quantitative estimate of drug-likeness (QED) is 0.810. The first-order valence-corrected chi connectivity index (χ1v) is 7.89. The molecule has 1 amide bonds. The molecular weight excluding hydrogens is 264 g/mol. The number of benzene rings is 1. The van der Waals surface area contributed by atoms with Gasteiger partial charge in [-0.15, -0.1) is 0 Å². The number of amides is 1. The maximum atomic E-state index is 10.8. The zero-order chi connectivity index (χ0) is 15.1. The Labute approximate surface area is 127 Å². The van der Waals surface area contributed by atoms with E-state index in [9.17, 15) is 4.79 Å². The van der Waals surface area contributed by atoms with Gasteiger partial charge in [0.15, 0.2) is 0 Å². The van der Waals surface area contributed by atoms with Gasteiger partial charge in [0, 0.05) is 6.54 Å². The SMILES string of the molecule is CC1CCCC(CNc2ccccc2OCCC(N)=O)C1. The number of hydrogen-bond acceptors (Lipinski definition) is 3. The number of nitrogens with two attached hydrogens (primary N) is 1. The van der Waals surface area contributed by atoms with E-state index in [-0.39, 0.29) is 12.3 Å². The number of anilines is 1. The monoisotopic (exact) mass is 290 g/mol. The predicted octanol–water partition coefficient (Wildman–Crippen LogP) is 3.18. The Balaban J connectivity index is 1.85. The van der Waals surface area contributed by atoms with Gasteiger partial charge in [0.1, 0.15) is 5.75 Å². The molecule has 3 N–H and O–H groups in total. The molecule has 0 heterocycles. The van der Waals surface area contributed by atoms with Crippen LogP contribution in [0.5, 0.6) is 5.75 Å². The highest BCUT2D eigenvalue weighted by molar-refractivity contribution is 5.73. The number of primary amides is 1. The number of carbonyl (C=O) groups is 1. The first kappa shape index (κ1) is 15.7. The van der Waals surface area contributed by atoms with E-state index in [0.29, 0.717) is 6.61 Å². The Hall–Kier alpha value is -1.71. The van der Waals surface area contributed by atoms with Crippen molar-refractivity contribution in [3.63, 3.8) is 0 Å². The van der Waals surface area contributed by atoms with Gasteiger partial charge in [-0.3, -0.25) is 4.79 Å². The van der Waals surface area contributed by atoms with Crippen LogP contribution < -0.4 is 15.8 Å². The summed E-state index contributed by atoms with van der Waals surface area (Å²) in [5.41, 5.74) is 6.13. The molecule has 2 atom stereocenters. The molecule has 1 aromatic rings. The first-order valence-electron chi connectivity index (χ1n) is 7.89. The van der Waals surface area contributed by atoms with E-state index in [1.807, 2.05) is 24.3 Å². The van der Waals surface area contributed by atoms with Gasteiger partial charge in [-0.1, -0.05) is 31.9 Å². The van der Waals surface area contributed by atoms with Crippen molar-refractivity contribution in [1.82, 2.24) is 0 Å². The molecule has 21 heavy (non-hydrogen) atoms. The van der Waals surface area contributed by atoms with Crippen molar-refractivity contribution in [2.75, 3.05) is 18.5 Å². The zero-order valence-corrected chi connectivity index (χ0v) is 12.8. The van der Waals surface area contributed by atoms with Crippen molar-refractivity contribution >= 4 is 11.6 Å². The molecule has 4 heteroatoms. The van der Waals surface area contributed by atoms with Gasteiger partial charge in [0.2, 0.25) is 5.91 Å². The molecular formula is C17H26N2O2. The molecule has 116 valence electrons. The van der Waals surface area contributed by atoms with Crippen LogP contribution in [-0.2, 0) is 4.79 Å². The minimum atomic E-state index is -0.336. The number of nitrogens with one attached hydrogen (secondary N) is 1. The number of hydrogen-bond donors (Lipinski definition) is 2. The van der Waals surface area contributed by atoms with Gasteiger partial charge in [-0.25, -0.2) is 0 Å². The number of para-hydroxylation sites is 2. The summed E-state index contributed by atoms with van der Waals surface area (Å²) in [6, 6.07) is 7.87. The Morgan fingerprint density at radius 2 is 2.19 bits per heavy atom. The standard InChI is InChI=1S/C17H26N2O2/c1-13-5-4-6-14(11-13)12-19-15-7-2-3-8-16(15)21-10-9-17(18)20/h2-3,7-8,13-14,19H,4-6,9-12H2,1H3,(H2,18,20). The maximum absolute atomic E-state index is 10.8. The van der Waals surface area contributed by atoms with Crippen LogP contribution >= 0.6 is 0 Å². The van der Waals surface area contributed by atoms with E-state index in [4.69, 9.17) is 10.5 Å². The molecule has 4 nitrogen and oxygen atoms in total. The van der Waals surface area contributed by atoms with Crippen LogP contribution in [0.4, 0.5) is 5.69 Å². The highest BCUT2D eigenvalue weighted by Gasteiger charge is 2.18. The summed E-state index contributed by atoms with van der Waals surface area (Å²) >= 11 is 0. The summed E-state index contributed by atoms with van der Waals surface area (Å²) in [6.45, 7) is 3.65. The highest BCUT2D eigenvalue weighted by Crippen LogP contribution is 2.30. The van der Waals surface area contributed by atoms with Crippen LogP contribution in [0.3, 0.4) is 0 Å². The Bertz CT molecular complexity index is 462. The Morgan fingerprint density at radius 3 is 2.95 bits per heavy atom. The summed E-state index contributed by atoms with van der Waals surface area (Å²) in [5.74, 6) is 2.04. The molecule has 0 spiro atoms. The van der Waals surface area contributed by atoms with Crippen molar-refractivity contribution in [2.45, 2.75) is 39.0 Å². The summed E-state index contributed by atoms with van der Waals surface area (Å²) in [7, 11) is 0. The number of ether oxygens (including phenoxy) is 1. The summed E-state index contributed by atoms with van der Waals surface area (Å²) in [5, 5.41) is 3.50. The van der Waals surface area contributed by atoms with Gasteiger partial charge < -0.3 is 15.8 Å². The zero-order valence-electron chi connectivity index (χ0n) is 12.8. The molecule has 0 radical (unpaired) electrons. The fraction of sp³-hybridized carbons (Fsp3) is 0.588. The summed E-state index contributed by atoms with van der Waals surface area (Å²) in [6.07, 6.45) is 5.56. The molecule has 1 aliphatic carbocycles. The molecule has 0 aliphatic heterocycles. The minimum Gasteiger partial charge on any atom is -0.491 e. The summed E-state index contributed by atoms with van der Waals surface area (Å²) < 4.78 is 5.65. The van der Waals surface area contributed by atoms with Crippen molar-refractivity contribution < 1.29 is 9.53 Å². The van der Waals surface area contributed by atoms with Crippen LogP contribution in [0, 0.1) is 11.8 Å². The lowest BCUT2D eigenvalue weighted by Gasteiger charge is -2.27. The molecule has 0 aromatic heterocycles. The van der Waals surface area contributed by atoms with Crippen LogP contribution in [0.2, 0.25) is 0 Å².